The van der Waals surface area contributed by atoms with E-state index in [1.54, 1.807) is 0 Å². The van der Waals surface area contributed by atoms with E-state index in [9.17, 15) is 0 Å². The van der Waals surface area contributed by atoms with Crippen molar-refractivity contribution < 1.29 is 4.42 Å². The zero-order chi connectivity index (χ0) is 12.7. The molecule has 1 aromatic heterocycles. The third kappa shape index (κ3) is 2.03. The van der Waals surface area contributed by atoms with Crippen molar-refractivity contribution in [3.05, 3.63) is 29.7 Å². The van der Waals surface area contributed by atoms with Crippen molar-refractivity contribution in [3.63, 3.8) is 0 Å². The van der Waals surface area contributed by atoms with Gasteiger partial charge in [-0.2, -0.15) is 0 Å². The number of fused-ring (bicyclic) bond motifs is 1. The summed E-state index contributed by atoms with van der Waals surface area (Å²) < 4.78 is 5.90. The van der Waals surface area contributed by atoms with Gasteiger partial charge in [0, 0.05) is 18.5 Å². The van der Waals surface area contributed by atoms with Gasteiger partial charge in [0.1, 0.15) is 5.52 Å². The normalized spacial score (nSPS) is 21.2. The van der Waals surface area contributed by atoms with Crippen LogP contribution in [0, 0.1) is 6.92 Å². The van der Waals surface area contributed by atoms with E-state index in [-0.39, 0.29) is 0 Å². The maximum absolute atomic E-state index is 5.90. The number of oxazole rings is 1. The molecule has 2 aromatic rings. The van der Waals surface area contributed by atoms with Crippen LogP contribution < -0.4 is 0 Å². The highest BCUT2D eigenvalue weighted by Crippen LogP contribution is 2.30. The lowest BCUT2D eigenvalue weighted by molar-refractivity contribution is 0.269. The molecule has 1 aromatic carbocycles. The van der Waals surface area contributed by atoms with Crippen molar-refractivity contribution in [3.8, 4) is 0 Å². The molecule has 18 heavy (non-hydrogen) atoms. The summed E-state index contributed by atoms with van der Waals surface area (Å²) in [6, 6.07) is 6.81. The van der Waals surface area contributed by atoms with Crippen LogP contribution >= 0.6 is 0 Å². The quantitative estimate of drug-likeness (QED) is 0.811. The van der Waals surface area contributed by atoms with Gasteiger partial charge in [-0.15, -0.1) is 0 Å². The van der Waals surface area contributed by atoms with E-state index in [1.165, 1.54) is 5.56 Å². The second-order valence-electron chi connectivity index (χ2n) is 5.60. The molecule has 1 aliphatic rings. The SMILES string of the molecule is Cc1ccc2oc([C@H]3CCN(C(C)C)C3)nc2c1. The lowest BCUT2D eigenvalue weighted by Crippen LogP contribution is -2.27. The molecule has 3 rings (SSSR count). The molecule has 1 atom stereocenters. The first-order chi connectivity index (χ1) is 8.63. The number of aryl methyl sites for hydroxylation is 1. The summed E-state index contributed by atoms with van der Waals surface area (Å²) in [5.74, 6) is 1.37. The van der Waals surface area contributed by atoms with E-state index in [1.807, 2.05) is 6.07 Å². The summed E-state index contributed by atoms with van der Waals surface area (Å²) in [7, 11) is 0. The summed E-state index contributed by atoms with van der Waals surface area (Å²) >= 11 is 0. The molecule has 0 unspecified atom stereocenters. The molecular weight excluding hydrogens is 224 g/mol. The predicted molar refractivity (Wildman–Crippen MR) is 72.8 cm³/mol. The van der Waals surface area contributed by atoms with Gasteiger partial charge in [-0.05, 0) is 51.4 Å². The van der Waals surface area contributed by atoms with E-state index in [2.05, 4.69) is 42.8 Å². The number of likely N-dealkylation sites (tertiary alicyclic amines) is 1. The average molecular weight is 244 g/mol. The smallest absolute Gasteiger partial charge is 0.199 e. The van der Waals surface area contributed by atoms with Gasteiger partial charge < -0.3 is 9.32 Å². The minimum atomic E-state index is 0.458. The van der Waals surface area contributed by atoms with E-state index in [0.29, 0.717) is 12.0 Å². The third-order valence-corrected chi connectivity index (χ3v) is 3.86. The zero-order valence-electron chi connectivity index (χ0n) is 11.3. The monoisotopic (exact) mass is 244 g/mol. The molecule has 1 aliphatic heterocycles. The van der Waals surface area contributed by atoms with Crippen molar-refractivity contribution in [2.75, 3.05) is 13.1 Å². The van der Waals surface area contributed by atoms with Crippen LogP contribution in [0.2, 0.25) is 0 Å². The summed E-state index contributed by atoms with van der Waals surface area (Å²) in [4.78, 5) is 7.15. The lowest BCUT2D eigenvalue weighted by atomic mass is 10.1. The summed E-state index contributed by atoms with van der Waals surface area (Å²) in [5.41, 5.74) is 3.14. The van der Waals surface area contributed by atoms with Crippen molar-refractivity contribution in [2.24, 2.45) is 0 Å². The Kier molecular flexibility index (Phi) is 2.86. The van der Waals surface area contributed by atoms with Crippen LogP contribution in [-0.2, 0) is 0 Å². The molecule has 0 aliphatic carbocycles. The lowest BCUT2D eigenvalue weighted by Gasteiger charge is -2.19. The van der Waals surface area contributed by atoms with E-state index in [4.69, 9.17) is 4.42 Å². The van der Waals surface area contributed by atoms with Crippen LogP contribution in [0.15, 0.2) is 22.6 Å². The highest BCUT2D eigenvalue weighted by molar-refractivity contribution is 5.73. The molecule has 3 heteroatoms. The van der Waals surface area contributed by atoms with Crippen LogP contribution in [0.1, 0.15) is 37.6 Å². The first kappa shape index (κ1) is 11.7. The molecule has 0 bridgehead atoms. The minimum absolute atomic E-state index is 0.458. The Balaban J connectivity index is 1.87. The highest BCUT2D eigenvalue weighted by Gasteiger charge is 2.28. The molecule has 0 saturated carbocycles. The van der Waals surface area contributed by atoms with Gasteiger partial charge in [-0.1, -0.05) is 6.07 Å². The van der Waals surface area contributed by atoms with Gasteiger partial charge in [-0.25, -0.2) is 4.98 Å². The number of aromatic nitrogens is 1. The Morgan fingerprint density at radius 1 is 1.39 bits per heavy atom. The minimum Gasteiger partial charge on any atom is -0.440 e. The highest BCUT2D eigenvalue weighted by atomic mass is 16.3. The molecule has 1 fully saturated rings. The summed E-state index contributed by atoms with van der Waals surface area (Å²) in [6.07, 6.45) is 1.16. The number of hydrogen-bond donors (Lipinski definition) is 0. The fraction of sp³-hybridized carbons (Fsp3) is 0.533. The molecule has 0 amide bonds. The number of nitrogens with zero attached hydrogens (tertiary/aromatic N) is 2. The van der Waals surface area contributed by atoms with Gasteiger partial charge >= 0.3 is 0 Å². The van der Waals surface area contributed by atoms with Gasteiger partial charge in [0.05, 0.1) is 0 Å². The standard InChI is InChI=1S/C15H20N2O/c1-10(2)17-7-6-12(9-17)15-16-13-8-11(3)4-5-14(13)18-15/h4-5,8,10,12H,6-7,9H2,1-3H3/t12-/m0/s1. The largest absolute Gasteiger partial charge is 0.440 e. The fourth-order valence-corrected chi connectivity index (χ4v) is 2.69. The second-order valence-corrected chi connectivity index (χ2v) is 5.60. The van der Waals surface area contributed by atoms with Crippen molar-refractivity contribution in [1.82, 2.24) is 9.88 Å². The van der Waals surface area contributed by atoms with Gasteiger partial charge in [0.2, 0.25) is 0 Å². The van der Waals surface area contributed by atoms with Crippen LogP contribution in [-0.4, -0.2) is 29.0 Å². The van der Waals surface area contributed by atoms with Crippen molar-refractivity contribution in [2.45, 2.75) is 39.2 Å². The molecule has 0 radical (unpaired) electrons. The maximum Gasteiger partial charge on any atom is 0.199 e. The maximum atomic E-state index is 5.90. The zero-order valence-corrected chi connectivity index (χ0v) is 11.3. The molecular formula is C15H20N2O. The van der Waals surface area contributed by atoms with Crippen molar-refractivity contribution in [1.29, 1.82) is 0 Å². The number of hydrogen-bond acceptors (Lipinski definition) is 3. The first-order valence-electron chi connectivity index (χ1n) is 6.74. The molecule has 0 N–H and O–H groups in total. The third-order valence-electron chi connectivity index (χ3n) is 3.86. The molecule has 3 nitrogen and oxygen atoms in total. The average Bonchev–Trinajstić information content (AvgIpc) is 2.93. The van der Waals surface area contributed by atoms with Gasteiger partial charge in [0.15, 0.2) is 11.5 Å². The Morgan fingerprint density at radius 3 is 2.94 bits per heavy atom. The molecule has 2 heterocycles. The fourth-order valence-electron chi connectivity index (χ4n) is 2.69. The summed E-state index contributed by atoms with van der Waals surface area (Å²) in [5, 5.41) is 0. The van der Waals surface area contributed by atoms with Crippen LogP contribution in [0.3, 0.4) is 0 Å². The van der Waals surface area contributed by atoms with Crippen LogP contribution in [0.5, 0.6) is 0 Å². The van der Waals surface area contributed by atoms with Gasteiger partial charge in [-0.3, -0.25) is 0 Å². The number of rotatable bonds is 2. The molecule has 0 spiro atoms. The van der Waals surface area contributed by atoms with Crippen LogP contribution in [0.25, 0.3) is 11.1 Å². The van der Waals surface area contributed by atoms with Crippen LogP contribution in [0.4, 0.5) is 0 Å². The molecule has 1 saturated heterocycles. The van der Waals surface area contributed by atoms with Gasteiger partial charge in [0.25, 0.3) is 0 Å². The summed E-state index contributed by atoms with van der Waals surface area (Å²) in [6.45, 7) is 8.81. The number of benzene rings is 1. The first-order valence-corrected chi connectivity index (χ1v) is 6.74. The Morgan fingerprint density at radius 2 is 2.22 bits per heavy atom. The predicted octanol–water partition coefficient (Wildman–Crippen LogP) is 3.33. The van der Waals surface area contributed by atoms with E-state index in [0.717, 1.165) is 36.5 Å². The Hall–Kier alpha value is -1.35. The van der Waals surface area contributed by atoms with E-state index < -0.39 is 0 Å². The Bertz CT molecular complexity index is 559. The molecule has 96 valence electrons. The Labute approximate surface area is 108 Å². The second kappa shape index (κ2) is 4.39. The topological polar surface area (TPSA) is 29.3 Å². The van der Waals surface area contributed by atoms with E-state index >= 15 is 0 Å². The van der Waals surface area contributed by atoms with Crippen molar-refractivity contribution >= 4 is 11.1 Å².